The van der Waals surface area contributed by atoms with Crippen LogP contribution in [0.4, 0.5) is 0 Å². The van der Waals surface area contributed by atoms with Crippen molar-refractivity contribution >= 4 is 12.1 Å². The molecule has 2 rings (SSSR count). The molecule has 0 atom stereocenters. The number of hydrazone groups is 1. The molecule has 0 saturated heterocycles. The lowest BCUT2D eigenvalue weighted by molar-refractivity contribution is 0.0953. The molecular weight excluding hydrogens is 232 g/mol. The number of aromatic hydroxyl groups is 1. The number of phenols is 1. The summed E-state index contributed by atoms with van der Waals surface area (Å²) in [7, 11) is 0. The quantitative estimate of drug-likeness (QED) is 0.641. The van der Waals surface area contributed by atoms with Crippen molar-refractivity contribution in [2.24, 2.45) is 5.10 Å². The number of nitrogens with zero attached hydrogens (tertiary/aromatic N) is 1. The minimum Gasteiger partial charge on any atom is -0.507 e. The lowest BCUT2D eigenvalue weighted by Crippen LogP contribution is -2.17. The summed E-state index contributed by atoms with van der Waals surface area (Å²) in [5, 5.41) is 13.3. The average Bonchev–Trinajstić information content (AvgIpc) is 2.78. The number of hydrogen-bond donors (Lipinski definition) is 2. The van der Waals surface area contributed by atoms with Gasteiger partial charge in [-0.25, -0.2) is 5.43 Å². The molecule has 1 aromatic heterocycles. The van der Waals surface area contributed by atoms with Gasteiger partial charge in [0, 0.05) is 5.56 Å². The molecule has 0 spiro atoms. The van der Waals surface area contributed by atoms with Crippen molar-refractivity contribution in [2.45, 2.75) is 6.92 Å². The number of benzene rings is 1. The predicted octanol–water partition coefficient (Wildman–Crippen LogP) is 2.06. The third-order valence-corrected chi connectivity index (χ3v) is 2.41. The molecule has 1 amide bonds. The largest absolute Gasteiger partial charge is 0.507 e. The van der Waals surface area contributed by atoms with Gasteiger partial charge in [0.25, 0.3) is 5.91 Å². The van der Waals surface area contributed by atoms with Crippen LogP contribution in [0.15, 0.2) is 46.1 Å². The summed E-state index contributed by atoms with van der Waals surface area (Å²) >= 11 is 0. The summed E-state index contributed by atoms with van der Waals surface area (Å²) in [5.41, 5.74) is 3.33. The summed E-state index contributed by atoms with van der Waals surface area (Å²) in [6, 6.07) is 8.28. The van der Waals surface area contributed by atoms with Gasteiger partial charge in [0.15, 0.2) is 0 Å². The molecule has 1 aromatic carbocycles. The maximum atomic E-state index is 11.7. The second-order valence-electron chi connectivity index (χ2n) is 3.65. The molecule has 2 N–H and O–H groups in total. The van der Waals surface area contributed by atoms with Gasteiger partial charge < -0.3 is 9.52 Å². The first-order chi connectivity index (χ1) is 8.68. The highest BCUT2D eigenvalue weighted by atomic mass is 16.3. The maximum absolute atomic E-state index is 11.7. The Labute approximate surface area is 104 Å². The normalized spacial score (nSPS) is 10.7. The van der Waals surface area contributed by atoms with Crippen LogP contribution in [0, 0.1) is 6.92 Å². The van der Waals surface area contributed by atoms with Gasteiger partial charge in [0.05, 0.1) is 18.0 Å². The van der Waals surface area contributed by atoms with Gasteiger partial charge in [-0.15, -0.1) is 0 Å². The predicted molar refractivity (Wildman–Crippen MR) is 66.6 cm³/mol. The number of nitrogens with one attached hydrogen (secondary N) is 1. The molecule has 0 fully saturated rings. The van der Waals surface area contributed by atoms with E-state index in [9.17, 15) is 9.90 Å². The van der Waals surface area contributed by atoms with Gasteiger partial charge in [-0.3, -0.25) is 4.79 Å². The summed E-state index contributed by atoms with van der Waals surface area (Å²) in [6.45, 7) is 1.70. The maximum Gasteiger partial charge on any atom is 0.274 e. The minimum atomic E-state index is -0.354. The number of para-hydroxylation sites is 1. The van der Waals surface area contributed by atoms with Crippen LogP contribution in [0.25, 0.3) is 0 Å². The van der Waals surface area contributed by atoms with E-state index in [1.165, 1.54) is 12.5 Å². The van der Waals surface area contributed by atoms with Crippen LogP contribution in [0.3, 0.4) is 0 Å². The monoisotopic (exact) mass is 244 g/mol. The van der Waals surface area contributed by atoms with E-state index >= 15 is 0 Å². The smallest absolute Gasteiger partial charge is 0.274 e. The number of phenolic OH excluding ortho intramolecular Hbond substituents is 1. The van der Waals surface area contributed by atoms with Gasteiger partial charge in [0.2, 0.25) is 0 Å². The fraction of sp³-hybridized carbons (Fsp3) is 0.0769. The van der Waals surface area contributed by atoms with Gasteiger partial charge >= 0.3 is 0 Å². The van der Waals surface area contributed by atoms with Crippen LogP contribution in [0.5, 0.6) is 5.75 Å². The number of rotatable bonds is 3. The van der Waals surface area contributed by atoms with Gasteiger partial charge in [-0.05, 0) is 25.1 Å². The second kappa shape index (κ2) is 5.18. The van der Waals surface area contributed by atoms with Crippen LogP contribution in [0.1, 0.15) is 21.7 Å². The number of carbonyl (C=O) groups is 1. The van der Waals surface area contributed by atoms with E-state index in [0.717, 1.165) is 0 Å². The van der Waals surface area contributed by atoms with E-state index in [4.69, 9.17) is 4.42 Å². The molecular formula is C13H12N2O3. The highest BCUT2D eigenvalue weighted by Gasteiger charge is 2.09. The molecule has 1 heterocycles. The van der Waals surface area contributed by atoms with Crippen LogP contribution >= 0.6 is 0 Å². The second-order valence-corrected chi connectivity index (χ2v) is 3.65. The Kier molecular flexibility index (Phi) is 3.43. The number of furan rings is 1. The van der Waals surface area contributed by atoms with Gasteiger partial charge in [-0.1, -0.05) is 12.1 Å². The van der Waals surface area contributed by atoms with E-state index in [0.29, 0.717) is 16.9 Å². The summed E-state index contributed by atoms with van der Waals surface area (Å²) in [5.74, 6) is 0.285. The van der Waals surface area contributed by atoms with Crippen molar-refractivity contribution in [3.8, 4) is 5.75 Å². The Bertz CT molecular complexity index is 587. The molecule has 0 aliphatic heterocycles. The van der Waals surface area contributed by atoms with E-state index in [1.54, 1.807) is 37.3 Å². The molecule has 92 valence electrons. The lowest BCUT2D eigenvalue weighted by atomic mass is 10.2. The first kappa shape index (κ1) is 11.9. The zero-order chi connectivity index (χ0) is 13.0. The molecule has 18 heavy (non-hydrogen) atoms. The Morgan fingerprint density at radius 3 is 2.83 bits per heavy atom. The molecule has 0 bridgehead atoms. The number of aryl methyl sites for hydroxylation is 1. The topological polar surface area (TPSA) is 74.8 Å². The molecule has 0 saturated carbocycles. The molecule has 0 aliphatic rings. The number of hydrogen-bond acceptors (Lipinski definition) is 4. The molecule has 0 aliphatic carbocycles. The Balaban J connectivity index is 2.03. The van der Waals surface area contributed by atoms with Gasteiger partial charge in [-0.2, -0.15) is 5.10 Å². The van der Waals surface area contributed by atoms with Crippen molar-refractivity contribution < 1.29 is 14.3 Å². The van der Waals surface area contributed by atoms with E-state index in [-0.39, 0.29) is 11.7 Å². The van der Waals surface area contributed by atoms with Crippen molar-refractivity contribution in [3.63, 3.8) is 0 Å². The summed E-state index contributed by atoms with van der Waals surface area (Å²) in [4.78, 5) is 11.7. The standard InChI is InChI=1S/C13H12N2O3/c1-9-11(6-7-18-9)13(17)15-14-8-10-4-2-3-5-12(10)16/h2-8,16H,1H3,(H,15,17). The van der Waals surface area contributed by atoms with Crippen LogP contribution < -0.4 is 5.43 Å². The Hall–Kier alpha value is -2.56. The lowest BCUT2D eigenvalue weighted by Gasteiger charge is -1.98. The Morgan fingerprint density at radius 2 is 2.17 bits per heavy atom. The zero-order valence-electron chi connectivity index (χ0n) is 9.75. The number of carbonyl (C=O) groups excluding carboxylic acids is 1. The fourth-order valence-electron chi connectivity index (χ4n) is 1.44. The highest BCUT2D eigenvalue weighted by molar-refractivity contribution is 5.95. The van der Waals surface area contributed by atoms with Crippen molar-refractivity contribution in [1.82, 2.24) is 5.43 Å². The SMILES string of the molecule is Cc1occc1C(=O)NN=Cc1ccccc1O. The summed E-state index contributed by atoms with van der Waals surface area (Å²) in [6.07, 6.45) is 2.82. The minimum absolute atomic E-state index is 0.106. The van der Waals surface area contributed by atoms with Crippen molar-refractivity contribution in [3.05, 3.63) is 53.5 Å². The van der Waals surface area contributed by atoms with E-state index in [2.05, 4.69) is 10.5 Å². The van der Waals surface area contributed by atoms with Crippen molar-refractivity contribution in [2.75, 3.05) is 0 Å². The third kappa shape index (κ3) is 2.57. The van der Waals surface area contributed by atoms with E-state index in [1.807, 2.05) is 0 Å². The van der Waals surface area contributed by atoms with Crippen molar-refractivity contribution in [1.29, 1.82) is 0 Å². The summed E-state index contributed by atoms with van der Waals surface area (Å²) < 4.78 is 5.02. The molecule has 0 unspecified atom stereocenters. The first-order valence-corrected chi connectivity index (χ1v) is 5.34. The van der Waals surface area contributed by atoms with Crippen LogP contribution in [-0.2, 0) is 0 Å². The van der Waals surface area contributed by atoms with Crippen LogP contribution in [-0.4, -0.2) is 17.2 Å². The van der Waals surface area contributed by atoms with Crippen LogP contribution in [0.2, 0.25) is 0 Å². The average molecular weight is 244 g/mol. The Morgan fingerprint density at radius 1 is 1.39 bits per heavy atom. The number of amides is 1. The molecule has 5 heteroatoms. The highest BCUT2D eigenvalue weighted by Crippen LogP contribution is 2.12. The fourth-order valence-corrected chi connectivity index (χ4v) is 1.44. The molecule has 0 radical (unpaired) electrons. The zero-order valence-corrected chi connectivity index (χ0v) is 9.75. The first-order valence-electron chi connectivity index (χ1n) is 5.34. The van der Waals surface area contributed by atoms with E-state index < -0.39 is 0 Å². The third-order valence-electron chi connectivity index (χ3n) is 2.41. The molecule has 2 aromatic rings. The van der Waals surface area contributed by atoms with Gasteiger partial charge in [0.1, 0.15) is 11.5 Å². The molecule has 5 nitrogen and oxygen atoms in total.